The van der Waals surface area contributed by atoms with Gasteiger partial charge in [0.05, 0.1) is 18.6 Å². The molecular formula is C18H23N3O3S. The van der Waals surface area contributed by atoms with Crippen molar-refractivity contribution in [2.24, 2.45) is 0 Å². The van der Waals surface area contributed by atoms with Crippen LogP contribution in [0.4, 0.5) is 0 Å². The van der Waals surface area contributed by atoms with E-state index in [-0.39, 0.29) is 5.75 Å². The molecule has 0 radical (unpaired) electrons. The minimum atomic E-state index is -3.19. The van der Waals surface area contributed by atoms with E-state index in [1.54, 1.807) is 17.6 Å². The van der Waals surface area contributed by atoms with Crippen molar-refractivity contribution in [2.45, 2.75) is 32.7 Å². The van der Waals surface area contributed by atoms with Crippen LogP contribution in [0.1, 0.15) is 31.0 Å². The summed E-state index contributed by atoms with van der Waals surface area (Å²) in [6.45, 7) is 2.85. The topological polar surface area (TPSA) is 72.4 Å². The molecule has 25 heavy (non-hydrogen) atoms. The summed E-state index contributed by atoms with van der Waals surface area (Å²) in [5.41, 5.74) is 2.74. The smallest absolute Gasteiger partial charge is 0.214 e. The first kappa shape index (κ1) is 17.8. The maximum Gasteiger partial charge on any atom is 0.214 e. The van der Waals surface area contributed by atoms with E-state index in [1.807, 2.05) is 31.2 Å². The van der Waals surface area contributed by atoms with Gasteiger partial charge in [0.2, 0.25) is 10.0 Å². The summed E-state index contributed by atoms with van der Waals surface area (Å²) in [5.74, 6) is 1.65. The summed E-state index contributed by atoms with van der Waals surface area (Å²) in [7, 11) is -1.56. The van der Waals surface area contributed by atoms with Crippen LogP contribution in [0, 0.1) is 0 Å². The fraction of sp³-hybridized carbons (Fsp3) is 0.444. The molecular weight excluding hydrogens is 338 g/mol. The van der Waals surface area contributed by atoms with Gasteiger partial charge in [0.25, 0.3) is 0 Å². The molecule has 0 aliphatic carbocycles. The molecule has 1 aliphatic rings. The molecule has 134 valence electrons. The van der Waals surface area contributed by atoms with Crippen molar-refractivity contribution in [3.8, 4) is 17.1 Å². The second-order valence-corrected chi connectivity index (χ2v) is 8.24. The van der Waals surface area contributed by atoms with Crippen molar-refractivity contribution < 1.29 is 13.2 Å². The molecule has 0 saturated heterocycles. The average molecular weight is 361 g/mol. The van der Waals surface area contributed by atoms with Crippen molar-refractivity contribution in [1.82, 2.24) is 14.3 Å². The molecule has 0 amide bonds. The van der Waals surface area contributed by atoms with Crippen molar-refractivity contribution in [1.29, 1.82) is 0 Å². The maximum atomic E-state index is 12.4. The van der Waals surface area contributed by atoms with Gasteiger partial charge in [0, 0.05) is 36.8 Å². The first-order chi connectivity index (χ1) is 12.0. The van der Waals surface area contributed by atoms with E-state index in [0.717, 1.165) is 29.0 Å². The number of ether oxygens (including phenoxy) is 1. The van der Waals surface area contributed by atoms with E-state index < -0.39 is 10.0 Å². The van der Waals surface area contributed by atoms with Gasteiger partial charge in [-0.05, 0) is 30.7 Å². The van der Waals surface area contributed by atoms with Crippen LogP contribution in [0.3, 0.4) is 0 Å². The van der Waals surface area contributed by atoms with Gasteiger partial charge in [-0.25, -0.2) is 18.4 Å². The van der Waals surface area contributed by atoms with Crippen LogP contribution >= 0.6 is 0 Å². The maximum absolute atomic E-state index is 12.4. The lowest BCUT2D eigenvalue weighted by Gasteiger charge is -2.27. The fourth-order valence-corrected chi connectivity index (χ4v) is 4.48. The van der Waals surface area contributed by atoms with Gasteiger partial charge in [0.15, 0.2) is 5.82 Å². The lowest BCUT2D eigenvalue weighted by molar-refractivity contribution is 0.386. The Morgan fingerprint density at radius 1 is 1.24 bits per heavy atom. The molecule has 1 aliphatic heterocycles. The van der Waals surface area contributed by atoms with Gasteiger partial charge in [-0.1, -0.05) is 13.3 Å². The summed E-state index contributed by atoms with van der Waals surface area (Å²) in [5, 5.41) is 0. The molecule has 0 saturated carbocycles. The van der Waals surface area contributed by atoms with Gasteiger partial charge in [-0.3, -0.25) is 0 Å². The predicted molar refractivity (Wildman–Crippen MR) is 96.8 cm³/mol. The molecule has 0 fully saturated rings. The second kappa shape index (κ2) is 7.49. The van der Waals surface area contributed by atoms with Gasteiger partial charge in [0.1, 0.15) is 5.75 Å². The first-order valence-electron chi connectivity index (χ1n) is 8.50. The second-order valence-electron chi connectivity index (χ2n) is 6.15. The number of aromatic nitrogens is 2. The number of nitrogens with zero attached hydrogens (tertiary/aromatic N) is 3. The van der Waals surface area contributed by atoms with Crippen LogP contribution in [-0.4, -0.2) is 42.1 Å². The number of unbranched alkanes of at least 4 members (excludes halogenated alkanes) is 1. The Bertz CT molecular complexity index is 835. The normalized spacial score (nSPS) is 15.0. The molecule has 1 aromatic carbocycles. The number of hydrogen-bond donors (Lipinski definition) is 0. The minimum absolute atomic E-state index is 0.212. The summed E-state index contributed by atoms with van der Waals surface area (Å²) in [6, 6.07) is 7.59. The van der Waals surface area contributed by atoms with E-state index in [1.165, 1.54) is 0 Å². The lowest BCUT2D eigenvalue weighted by Crippen LogP contribution is -2.37. The Labute approximate surface area is 148 Å². The average Bonchev–Trinajstić information content (AvgIpc) is 2.65. The van der Waals surface area contributed by atoms with E-state index in [2.05, 4.69) is 9.97 Å². The van der Waals surface area contributed by atoms with E-state index in [0.29, 0.717) is 31.8 Å². The summed E-state index contributed by atoms with van der Waals surface area (Å²) in [4.78, 5) is 9.07. The van der Waals surface area contributed by atoms with Crippen LogP contribution in [-0.2, 0) is 23.0 Å². The molecule has 0 bridgehead atoms. The van der Waals surface area contributed by atoms with Crippen LogP contribution in [0.2, 0.25) is 0 Å². The number of sulfonamides is 1. The molecule has 0 spiro atoms. The van der Waals surface area contributed by atoms with Gasteiger partial charge in [-0.15, -0.1) is 0 Å². The summed E-state index contributed by atoms with van der Waals surface area (Å²) >= 11 is 0. The van der Waals surface area contributed by atoms with Gasteiger partial charge in [-0.2, -0.15) is 4.31 Å². The van der Waals surface area contributed by atoms with E-state index in [9.17, 15) is 8.42 Å². The minimum Gasteiger partial charge on any atom is -0.497 e. The van der Waals surface area contributed by atoms with Crippen LogP contribution in [0.5, 0.6) is 5.75 Å². The lowest BCUT2D eigenvalue weighted by atomic mass is 10.1. The fourth-order valence-electron chi connectivity index (χ4n) is 2.86. The summed E-state index contributed by atoms with van der Waals surface area (Å²) < 4.78 is 31.5. The van der Waals surface area contributed by atoms with Gasteiger partial charge >= 0.3 is 0 Å². The standard InChI is InChI=1S/C18H23N3O3S/c1-3-4-11-25(22,23)21-10-9-17-15(13-21)12-19-18(20-17)14-5-7-16(24-2)8-6-14/h5-8,12H,3-4,9-11,13H2,1-2H3. The third kappa shape index (κ3) is 3.99. The largest absolute Gasteiger partial charge is 0.497 e. The molecule has 3 rings (SSSR count). The van der Waals surface area contributed by atoms with E-state index >= 15 is 0 Å². The van der Waals surface area contributed by atoms with Crippen LogP contribution in [0.15, 0.2) is 30.5 Å². The Kier molecular flexibility index (Phi) is 5.34. The quantitative estimate of drug-likeness (QED) is 0.791. The Morgan fingerprint density at radius 2 is 2.00 bits per heavy atom. The first-order valence-corrected chi connectivity index (χ1v) is 10.1. The third-order valence-electron chi connectivity index (χ3n) is 4.40. The Hall–Kier alpha value is -1.99. The molecule has 6 nitrogen and oxygen atoms in total. The van der Waals surface area contributed by atoms with Crippen molar-refractivity contribution in [3.05, 3.63) is 41.7 Å². The predicted octanol–water partition coefficient (Wildman–Crippen LogP) is 2.64. The van der Waals surface area contributed by atoms with Crippen LogP contribution in [0.25, 0.3) is 11.4 Å². The number of fused-ring (bicyclic) bond motifs is 1. The Balaban J connectivity index is 1.79. The zero-order valence-electron chi connectivity index (χ0n) is 14.6. The highest BCUT2D eigenvalue weighted by molar-refractivity contribution is 7.89. The molecule has 0 unspecified atom stereocenters. The summed E-state index contributed by atoms with van der Waals surface area (Å²) in [6.07, 6.45) is 3.94. The number of methoxy groups -OCH3 is 1. The van der Waals surface area contributed by atoms with E-state index in [4.69, 9.17) is 4.74 Å². The molecule has 2 heterocycles. The van der Waals surface area contributed by atoms with Crippen molar-refractivity contribution in [2.75, 3.05) is 19.4 Å². The Morgan fingerprint density at radius 3 is 2.68 bits per heavy atom. The molecule has 0 N–H and O–H groups in total. The molecule has 7 heteroatoms. The molecule has 0 atom stereocenters. The van der Waals surface area contributed by atoms with Crippen molar-refractivity contribution >= 4 is 10.0 Å². The highest BCUT2D eigenvalue weighted by Gasteiger charge is 2.27. The number of benzene rings is 1. The SMILES string of the molecule is CCCCS(=O)(=O)N1CCc2nc(-c3ccc(OC)cc3)ncc2C1. The van der Waals surface area contributed by atoms with Gasteiger partial charge < -0.3 is 4.74 Å². The third-order valence-corrected chi connectivity index (χ3v) is 6.30. The molecule has 1 aromatic heterocycles. The number of rotatable bonds is 6. The monoisotopic (exact) mass is 361 g/mol. The number of hydrogen-bond acceptors (Lipinski definition) is 5. The zero-order chi connectivity index (χ0) is 17.9. The molecule has 2 aromatic rings. The van der Waals surface area contributed by atoms with Crippen LogP contribution < -0.4 is 4.74 Å². The highest BCUT2D eigenvalue weighted by Crippen LogP contribution is 2.24. The highest BCUT2D eigenvalue weighted by atomic mass is 32.2. The zero-order valence-corrected chi connectivity index (χ0v) is 15.4. The van der Waals surface area contributed by atoms with Crippen molar-refractivity contribution in [3.63, 3.8) is 0 Å².